The lowest BCUT2D eigenvalue weighted by Crippen LogP contribution is -2.57. The van der Waals surface area contributed by atoms with Crippen molar-refractivity contribution in [2.24, 2.45) is 0 Å². The largest absolute Gasteiger partial charge is 0.394 e. The number of aliphatic hydroxyl groups is 12. The third-order valence-corrected chi connectivity index (χ3v) is 11.0. The van der Waals surface area contributed by atoms with E-state index in [-0.39, 0.29) is 0 Å². The molecule has 3 rings (SSSR count). The maximum atomic E-state index is 10.3. The van der Waals surface area contributed by atoms with Crippen LogP contribution in [-0.2, 0) is 14.2 Å². The van der Waals surface area contributed by atoms with Gasteiger partial charge in [-0.2, -0.15) is 0 Å². The van der Waals surface area contributed by atoms with Crippen LogP contribution in [0.3, 0.4) is 0 Å². The molecule has 19 heteroatoms. The third-order valence-electron chi connectivity index (χ3n) is 7.61. The molecule has 0 aliphatic carbocycles. The number of hydrogen-bond donors (Lipinski definition) is 12. The number of hydrogen-bond acceptors (Lipinski definition) is 19. The van der Waals surface area contributed by atoms with Gasteiger partial charge in [0.05, 0.1) is 19.8 Å². The van der Waals surface area contributed by atoms with Gasteiger partial charge in [0.15, 0.2) is 0 Å². The lowest BCUT2D eigenvalue weighted by molar-refractivity contribution is -0.205. The van der Waals surface area contributed by atoms with Crippen molar-refractivity contribution in [1.82, 2.24) is 4.90 Å². The summed E-state index contributed by atoms with van der Waals surface area (Å²) in [6.45, 7) is -0.367. The van der Waals surface area contributed by atoms with Gasteiger partial charge in [0, 0.05) is 36.9 Å². The highest BCUT2D eigenvalue weighted by Gasteiger charge is 2.45. The number of rotatable bonds is 15. The van der Waals surface area contributed by atoms with E-state index in [1.54, 1.807) is 0 Å². The first-order valence-corrected chi connectivity index (χ1v) is 17.1. The van der Waals surface area contributed by atoms with Gasteiger partial charge in [-0.05, 0) is 0 Å². The molecule has 0 aromatic heterocycles. The summed E-state index contributed by atoms with van der Waals surface area (Å²) in [5, 5.41) is 119. The average molecular weight is 684 g/mol. The second-order valence-electron chi connectivity index (χ2n) is 10.5. The molecule has 254 valence electrons. The van der Waals surface area contributed by atoms with Crippen molar-refractivity contribution in [3.63, 3.8) is 0 Å². The Hall–Kier alpha value is 0.410. The van der Waals surface area contributed by atoms with E-state index in [4.69, 9.17) is 14.2 Å². The molecule has 0 aromatic rings. The van der Waals surface area contributed by atoms with Crippen molar-refractivity contribution < 1.29 is 75.5 Å². The van der Waals surface area contributed by atoms with E-state index in [9.17, 15) is 61.3 Å². The van der Waals surface area contributed by atoms with Crippen molar-refractivity contribution in [3.05, 3.63) is 0 Å². The van der Waals surface area contributed by atoms with Gasteiger partial charge < -0.3 is 80.4 Å². The quantitative estimate of drug-likeness (QED) is 0.0765. The molecule has 3 aliphatic rings. The fraction of sp³-hybridized carbons (Fsp3) is 1.00. The Morgan fingerprint density at radius 1 is 0.395 bits per heavy atom. The van der Waals surface area contributed by atoms with Crippen LogP contribution in [0.2, 0.25) is 0 Å². The highest BCUT2D eigenvalue weighted by atomic mass is 32.2. The van der Waals surface area contributed by atoms with Crippen molar-refractivity contribution in [1.29, 1.82) is 0 Å². The van der Waals surface area contributed by atoms with Crippen LogP contribution in [0.25, 0.3) is 0 Å². The molecule has 0 amide bonds. The second kappa shape index (κ2) is 18.1. The molecule has 0 unspecified atom stereocenters. The van der Waals surface area contributed by atoms with Gasteiger partial charge in [-0.25, -0.2) is 0 Å². The van der Waals surface area contributed by atoms with Crippen LogP contribution < -0.4 is 0 Å². The van der Waals surface area contributed by atoms with Gasteiger partial charge in [-0.15, -0.1) is 35.3 Å². The van der Waals surface area contributed by atoms with Crippen LogP contribution in [-0.4, -0.2) is 212 Å². The molecule has 12 N–H and O–H groups in total. The van der Waals surface area contributed by atoms with Crippen LogP contribution in [0.5, 0.6) is 0 Å². The maximum absolute atomic E-state index is 10.3. The van der Waals surface area contributed by atoms with Crippen molar-refractivity contribution in [2.75, 3.05) is 56.7 Å². The molecule has 0 radical (unpaired) electrons. The standard InChI is InChI=1S/C24H45NO15S3/c26-7-10-13(29)16(32)19(35)22(38-10)41-4-1-25(2-5-42-23-20(36)17(33)14(30)11(8-27)39-23)3-6-43-24-21(37)18(34)15(31)12(9-28)40-24/h10-24,26-37H,1-9H2/t10-,11-,12-,13-,14-,15-,16+,17+,18+,19+,20+,21+,22-,23-,24-/m1/s1. The summed E-state index contributed by atoms with van der Waals surface area (Å²) in [5.41, 5.74) is -2.74. The minimum absolute atomic E-state index is 0.387. The van der Waals surface area contributed by atoms with E-state index in [0.29, 0.717) is 36.9 Å². The molecule has 3 fully saturated rings. The van der Waals surface area contributed by atoms with Crippen LogP contribution in [0.1, 0.15) is 0 Å². The summed E-state index contributed by atoms with van der Waals surface area (Å²) in [6, 6.07) is 0. The zero-order valence-electron chi connectivity index (χ0n) is 23.3. The third kappa shape index (κ3) is 9.72. The van der Waals surface area contributed by atoms with Crippen molar-refractivity contribution >= 4 is 35.3 Å². The zero-order chi connectivity index (χ0) is 31.8. The molecule has 0 saturated carbocycles. The summed E-state index contributed by atoms with van der Waals surface area (Å²) in [7, 11) is 0. The number of ether oxygens (including phenoxy) is 3. The smallest absolute Gasteiger partial charge is 0.132 e. The monoisotopic (exact) mass is 683 g/mol. The van der Waals surface area contributed by atoms with Gasteiger partial charge in [-0.1, -0.05) is 0 Å². The molecule has 16 nitrogen and oxygen atoms in total. The average Bonchev–Trinajstić information content (AvgIpc) is 3.00. The highest BCUT2D eigenvalue weighted by molar-refractivity contribution is 8.00. The Labute approximate surface area is 261 Å². The molecule has 0 bridgehead atoms. The molecular formula is C24H45NO15S3. The lowest BCUT2D eigenvalue weighted by Gasteiger charge is -2.40. The summed E-state index contributed by atoms with van der Waals surface area (Å²) in [4.78, 5) is 1.99. The van der Waals surface area contributed by atoms with Crippen LogP contribution in [0.15, 0.2) is 0 Å². The van der Waals surface area contributed by atoms with E-state index >= 15 is 0 Å². The SMILES string of the molecule is OC[C@H]1O[C@H](SCCN(CCS[C@H]2O[C@H](CO)[C@@H](O)[C@H](O)[C@@H]2O)CCS[C@H]2O[C@H](CO)[C@@H](O)[C@H](O)[C@@H]2O)[C@@H](O)[C@@H](O)[C@@H]1O. The van der Waals surface area contributed by atoms with E-state index in [0.717, 1.165) is 0 Å². The summed E-state index contributed by atoms with van der Waals surface area (Å²) < 4.78 is 16.6. The molecule has 3 heterocycles. The number of nitrogens with zero attached hydrogens (tertiary/aromatic N) is 1. The topological polar surface area (TPSA) is 274 Å². The normalized spacial score (nSPS) is 44.2. The van der Waals surface area contributed by atoms with Gasteiger partial charge in [0.1, 0.15) is 89.6 Å². The Morgan fingerprint density at radius 3 is 0.884 bits per heavy atom. The number of thioether (sulfide) groups is 3. The summed E-state index contributed by atoms with van der Waals surface area (Å²) in [6.07, 6.45) is -16.1. The van der Waals surface area contributed by atoms with Gasteiger partial charge in [-0.3, -0.25) is 0 Å². The molecule has 15 atom stereocenters. The van der Waals surface area contributed by atoms with E-state index < -0.39 is 109 Å². The minimum Gasteiger partial charge on any atom is -0.394 e. The molecule has 3 saturated heterocycles. The molecule has 43 heavy (non-hydrogen) atoms. The van der Waals surface area contributed by atoms with E-state index in [1.165, 1.54) is 35.3 Å². The lowest BCUT2D eigenvalue weighted by atomic mass is 10.0. The summed E-state index contributed by atoms with van der Waals surface area (Å²) in [5.74, 6) is 1.16. The Bertz CT molecular complexity index is 707. The van der Waals surface area contributed by atoms with Crippen LogP contribution in [0, 0.1) is 0 Å². The highest BCUT2D eigenvalue weighted by Crippen LogP contribution is 2.31. The zero-order valence-corrected chi connectivity index (χ0v) is 25.7. The molecule has 0 aromatic carbocycles. The Morgan fingerprint density at radius 2 is 0.651 bits per heavy atom. The maximum Gasteiger partial charge on any atom is 0.132 e. The molecule has 0 spiro atoms. The molecular weight excluding hydrogens is 638 g/mol. The first-order chi connectivity index (χ1) is 20.4. The van der Waals surface area contributed by atoms with E-state index in [1.807, 2.05) is 4.90 Å². The van der Waals surface area contributed by atoms with Crippen LogP contribution in [0.4, 0.5) is 0 Å². The summed E-state index contributed by atoms with van der Waals surface area (Å²) >= 11 is 3.52. The number of aliphatic hydroxyl groups excluding tert-OH is 12. The fourth-order valence-corrected chi connectivity index (χ4v) is 8.37. The van der Waals surface area contributed by atoms with Crippen molar-refractivity contribution in [2.45, 2.75) is 89.6 Å². The van der Waals surface area contributed by atoms with Gasteiger partial charge in [0.25, 0.3) is 0 Å². The van der Waals surface area contributed by atoms with E-state index in [2.05, 4.69) is 0 Å². The predicted octanol–water partition coefficient (Wildman–Crippen LogP) is -6.11. The second-order valence-corrected chi connectivity index (χ2v) is 14.2. The molecule has 3 aliphatic heterocycles. The first-order valence-electron chi connectivity index (χ1n) is 13.9. The first kappa shape index (κ1) is 37.9. The van der Waals surface area contributed by atoms with Crippen LogP contribution >= 0.6 is 35.3 Å². The minimum atomic E-state index is -1.50. The Balaban J connectivity index is 1.56. The van der Waals surface area contributed by atoms with Gasteiger partial charge in [0.2, 0.25) is 0 Å². The van der Waals surface area contributed by atoms with Gasteiger partial charge >= 0.3 is 0 Å². The van der Waals surface area contributed by atoms with Crippen molar-refractivity contribution in [3.8, 4) is 0 Å². The Kier molecular flexibility index (Phi) is 15.9. The predicted molar refractivity (Wildman–Crippen MR) is 155 cm³/mol. The fourth-order valence-electron chi connectivity index (χ4n) is 4.84.